The molecule has 0 spiro atoms. The summed E-state index contributed by atoms with van der Waals surface area (Å²) in [5.41, 5.74) is 1.05. The number of hydrogen-bond donors (Lipinski definition) is 0. The van der Waals surface area contributed by atoms with Crippen LogP contribution in [0.25, 0.3) is 0 Å². The molecule has 0 saturated carbocycles. The number of Topliss-reactive ketones (excluding diaryl/α,β-unsaturated/α-hetero) is 1. The Hall–Kier alpha value is -1.36. The smallest absolute Gasteiger partial charge is 0.235 e. The van der Waals surface area contributed by atoms with Crippen LogP contribution in [-0.2, 0) is 10.0 Å². The number of sulfonamides is 1. The zero-order chi connectivity index (χ0) is 14.0. The molecule has 0 radical (unpaired) electrons. The van der Waals surface area contributed by atoms with Gasteiger partial charge in [0.05, 0.1) is 11.4 Å². The first-order valence-corrected chi connectivity index (χ1v) is 8.15. The molecular weight excluding hydrogens is 262 g/mol. The summed E-state index contributed by atoms with van der Waals surface area (Å²) in [7, 11) is -3.36. The summed E-state index contributed by atoms with van der Waals surface area (Å²) in [5.74, 6) is 0.198. The van der Waals surface area contributed by atoms with E-state index in [4.69, 9.17) is 0 Å². The maximum atomic E-state index is 12.4. The Labute approximate surface area is 114 Å². The summed E-state index contributed by atoms with van der Waals surface area (Å²) in [4.78, 5) is 12.0. The molecule has 0 aliphatic carbocycles. The van der Waals surface area contributed by atoms with E-state index in [1.165, 1.54) is 4.31 Å². The average molecular weight is 281 g/mol. The van der Waals surface area contributed by atoms with Crippen molar-refractivity contribution in [1.82, 2.24) is 0 Å². The van der Waals surface area contributed by atoms with E-state index in [-0.39, 0.29) is 17.5 Å². The molecule has 0 fully saturated rings. The summed E-state index contributed by atoms with van der Waals surface area (Å²) in [6.07, 6.45) is 0.982. The first-order chi connectivity index (χ1) is 8.92. The first kappa shape index (κ1) is 14.1. The summed E-state index contributed by atoms with van der Waals surface area (Å²) in [6, 6.07) is 6.97. The van der Waals surface area contributed by atoms with Gasteiger partial charge < -0.3 is 0 Å². The molecule has 1 heterocycles. The fourth-order valence-electron chi connectivity index (χ4n) is 2.37. The van der Waals surface area contributed by atoms with E-state index < -0.39 is 10.0 Å². The van der Waals surface area contributed by atoms with Gasteiger partial charge in [0, 0.05) is 18.5 Å². The van der Waals surface area contributed by atoms with Gasteiger partial charge in [-0.15, -0.1) is 0 Å². The molecule has 4 nitrogen and oxygen atoms in total. The number of para-hydroxylation sites is 1. The number of carbonyl (C=O) groups excluding carboxylic acids is 1. The van der Waals surface area contributed by atoms with Crippen molar-refractivity contribution in [2.75, 3.05) is 16.6 Å². The lowest BCUT2D eigenvalue weighted by Crippen LogP contribution is -2.35. The van der Waals surface area contributed by atoms with Crippen molar-refractivity contribution in [3.05, 3.63) is 29.8 Å². The first-order valence-electron chi connectivity index (χ1n) is 6.54. The van der Waals surface area contributed by atoms with Gasteiger partial charge in [0.2, 0.25) is 10.0 Å². The fourth-order valence-corrected chi connectivity index (χ4v) is 4.25. The predicted octanol–water partition coefficient (Wildman–Crippen LogP) is 2.46. The number of ketones is 1. The van der Waals surface area contributed by atoms with Crippen LogP contribution < -0.4 is 4.31 Å². The van der Waals surface area contributed by atoms with Gasteiger partial charge in [-0.1, -0.05) is 26.0 Å². The molecule has 1 aromatic carbocycles. The molecule has 104 valence electrons. The van der Waals surface area contributed by atoms with Crippen LogP contribution in [0.1, 0.15) is 37.0 Å². The van der Waals surface area contributed by atoms with Gasteiger partial charge in [0.15, 0.2) is 5.78 Å². The van der Waals surface area contributed by atoms with E-state index in [1.54, 1.807) is 24.3 Å². The van der Waals surface area contributed by atoms with E-state index in [9.17, 15) is 13.2 Å². The molecule has 19 heavy (non-hydrogen) atoms. The van der Waals surface area contributed by atoms with Crippen LogP contribution in [0, 0.1) is 5.92 Å². The molecule has 0 bridgehead atoms. The Balaban J connectivity index is 2.47. The topological polar surface area (TPSA) is 54.5 Å². The third kappa shape index (κ3) is 2.97. The molecule has 0 unspecified atom stereocenters. The van der Waals surface area contributed by atoms with Gasteiger partial charge in [0.1, 0.15) is 0 Å². The molecule has 0 saturated heterocycles. The van der Waals surface area contributed by atoms with Crippen LogP contribution >= 0.6 is 0 Å². The number of anilines is 1. The average Bonchev–Trinajstić information content (AvgIpc) is 2.48. The minimum atomic E-state index is -3.36. The molecule has 0 N–H and O–H groups in total. The minimum absolute atomic E-state index is 0.0258. The molecule has 0 amide bonds. The second kappa shape index (κ2) is 5.33. The molecule has 5 heteroatoms. The van der Waals surface area contributed by atoms with E-state index >= 15 is 0 Å². The highest BCUT2D eigenvalue weighted by atomic mass is 32.2. The van der Waals surface area contributed by atoms with E-state index in [1.807, 2.05) is 13.8 Å². The van der Waals surface area contributed by atoms with E-state index in [0.717, 1.165) is 0 Å². The number of hydrogen-bond acceptors (Lipinski definition) is 3. The fraction of sp³-hybridized carbons (Fsp3) is 0.500. The minimum Gasteiger partial charge on any atom is -0.294 e. The van der Waals surface area contributed by atoms with E-state index in [0.29, 0.717) is 30.6 Å². The Morgan fingerprint density at radius 1 is 1.26 bits per heavy atom. The van der Waals surface area contributed by atoms with Gasteiger partial charge in [-0.3, -0.25) is 9.10 Å². The summed E-state index contributed by atoms with van der Waals surface area (Å²) >= 11 is 0. The lowest BCUT2D eigenvalue weighted by atomic mass is 10.1. The van der Waals surface area contributed by atoms with Crippen molar-refractivity contribution < 1.29 is 13.2 Å². The number of nitrogens with zero attached hydrogens (tertiary/aromatic N) is 1. The Morgan fingerprint density at radius 2 is 1.95 bits per heavy atom. The van der Waals surface area contributed by atoms with Gasteiger partial charge in [-0.05, 0) is 24.5 Å². The van der Waals surface area contributed by atoms with Crippen molar-refractivity contribution in [3.63, 3.8) is 0 Å². The van der Waals surface area contributed by atoms with Crippen molar-refractivity contribution >= 4 is 21.5 Å². The van der Waals surface area contributed by atoms with Crippen molar-refractivity contribution in [3.8, 4) is 0 Å². The van der Waals surface area contributed by atoms with Crippen molar-refractivity contribution in [2.45, 2.75) is 26.7 Å². The van der Waals surface area contributed by atoms with Crippen LogP contribution in [0.15, 0.2) is 24.3 Å². The largest absolute Gasteiger partial charge is 0.294 e. The Kier molecular flexibility index (Phi) is 3.94. The predicted molar refractivity (Wildman–Crippen MR) is 76.0 cm³/mol. The van der Waals surface area contributed by atoms with Gasteiger partial charge in [-0.2, -0.15) is 0 Å². The zero-order valence-corrected chi connectivity index (χ0v) is 12.1. The van der Waals surface area contributed by atoms with Crippen LogP contribution in [-0.4, -0.2) is 26.5 Å². The molecule has 0 atom stereocenters. The number of rotatable bonds is 3. The highest BCUT2D eigenvalue weighted by Crippen LogP contribution is 2.29. The second-order valence-electron chi connectivity index (χ2n) is 5.29. The molecule has 1 aliphatic heterocycles. The molecular formula is C14H19NO3S. The number of benzene rings is 1. The van der Waals surface area contributed by atoms with Gasteiger partial charge in [0.25, 0.3) is 0 Å². The lowest BCUT2D eigenvalue weighted by Gasteiger charge is -2.25. The molecule has 1 aromatic rings. The van der Waals surface area contributed by atoms with Crippen LogP contribution in [0.4, 0.5) is 5.69 Å². The van der Waals surface area contributed by atoms with Crippen molar-refractivity contribution in [2.24, 2.45) is 5.92 Å². The third-order valence-electron chi connectivity index (χ3n) is 3.12. The monoisotopic (exact) mass is 281 g/mol. The third-order valence-corrected chi connectivity index (χ3v) is 5.26. The van der Waals surface area contributed by atoms with Crippen LogP contribution in [0.2, 0.25) is 0 Å². The van der Waals surface area contributed by atoms with Crippen LogP contribution in [0.5, 0.6) is 0 Å². The molecule has 2 rings (SSSR count). The maximum absolute atomic E-state index is 12.4. The summed E-state index contributed by atoms with van der Waals surface area (Å²) in [6.45, 7) is 4.15. The normalized spacial score (nSPS) is 16.4. The highest BCUT2D eigenvalue weighted by Gasteiger charge is 2.29. The Bertz CT molecular complexity index is 578. The number of carbonyl (C=O) groups is 1. The van der Waals surface area contributed by atoms with Crippen LogP contribution in [0.3, 0.4) is 0 Å². The summed E-state index contributed by atoms with van der Waals surface area (Å²) in [5, 5.41) is 0. The molecule has 1 aliphatic rings. The second-order valence-corrected chi connectivity index (χ2v) is 7.23. The SMILES string of the molecule is CC(C)CS(=O)(=O)N1CCCC(=O)c2ccccc21. The van der Waals surface area contributed by atoms with Gasteiger partial charge in [-0.25, -0.2) is 8.42 Å². The summed E-state index contributed by atoms with van der Waals surface area (Å²) < 4.78 is 26.3. The highest BCUT2D eigenvalue weighted by molar-refractivity contribution is 7.92. The van der Waals surface area contributed by atoms with Crippen molar-refractivity contribution in [1.29, 1.82) is 0 Å². The standard InChI is InChI=1S/C14H19NO3S/c1-11(2)10-19(17,18)15-9-5-8-14(16)12-6-3-4-7-13(12)15/h3-4,6-7,11H,5,8-10H2,1-2H3. The molecule has 0 aromatic heterocycles. The van der Waals surface area contributed by atoms with Gasteiger partial charge >= 0.3 is 0 Å². The maximum Gasteiger partial charge on any atom is 0.235 e. The zero-order valence-electron chi connectivity index (χ0n) is 11.3. The number of fused-ring (bicyclic) bond motifs is 1. The Morgan fingerprint density at radius 3 is 2.63 bits per heavy atom. The lowest BCUT2D eigenvalue weighted by molar-refractivity contribution is 0.0984. The van der Waals surface area contributed by atoms with E-state index in [2.05, 4.69) is 0 Å². The quantitative estimate of drug-likeness (QED) is 0.855.